The van der Waals surface area contributed by atoms with Gasteiger partial charge in [0.25, 0.3) is 0 Å². The Hall–Kier alpha value is -2.86. The fraction of sp³-hybridized carbons (Fsp3) is 0.517. The molecule has 1 aromatic carbocycles. The number of likely N-dealkylation sites (tertiary alicyclic amines) is 1. The maximum atomic E-state index is 12.4. The Bertz CT molecular complexity index is 1190. The van der Waals surface area contributed by atoms with Gasteiger partial charge >= 0.3 is 0 Å². The maximum absolute atomic E-state index is 12.4. The predicted octanol–water partition coefficient (Wildman–Crippen LogP) is 4.65. The normalized spacial score (nSPS) is 21.7. The summed E-state index contributed by atoms with van der Waals surface area (Å²) >= 11 is 0. The largest absolute Gasteiger partial charge is 0.366 e. The molecule has 1 atom stereocenters. The zero-order chi connectivity index (χ0) is 23.9. The first-order chi connectivity index (χ1) is 17.1. The quantitative estimate of drug-likeness (QED) is 0.544. The van der Waals surface area contributed by atoms with E-state index in [2.05, 4.69) is 76.2 Å². The van der Waals surface area contributed by atoms with Crippen molar-refractivity contribution in [3.05, 3.63) is 54.4 Å². The summed E-state index contributed by atoms with van der Waals surface area (Å²) in [5.74, 6) is 1.30. The molecule has 0 spiro atoms. The van der Waals surface area contributed by atoms with Crippen LogP contribution in [0.25, 0.3) is 16.6 Å². The molecule has 2 saturated heterocycles. The summed E-state index contributed by atoms with van der Waals surface area (Å²) in [6.07, 6.45) is 8.75. The monoisotopic (exact) mass is 471 g/mol. The third-order valence-corrected chi connectivity index (χ3v) is 8.24. The van der Waals surface area contributed by atoms with Crippen LogP contribution in [0.4, 0.5) is 5.69 Å². The number of fused-ring (bicyclic) bond motifs is 1. The first kappa shape index (κ1) is 22.6. The van der Waals surface area contributed by atoms with Crippen molar-refractivity contribution < 1.29 is 4.79 Å². The summed E-state index contributed by atoms with van der Waals surface area (Å²) in [5, 5.41) is 4.59. The van der Waals surface area contributed by atoms with Crippen molar-refractivity contribution >= 4 is 17.1 Å². The fourth-order valence-corrected chi connectivity index (χ4v) is 5.88. The van der Waals surface area contributed by atoms with Gasteiger partial charge in [0.2, 0.25) is 5.91 Å². The molecule has 1 amide bonds. The van der Waals surface area contributed by atoms with Crippen molar-refractivity contribution in [2.45, 2.75) is 51.5 Å². The highest BCUT2D eigenvalue weighted by atomic mass is 16.2. The van der Waals surface area contributed by atoms with Gasteiger partial charge in [-0.3, -0.25) is 4.79 Å². The molecule has 3 aromatic rings. The molecule has 1 unspecified atom stereocenters. The number of carbonyl (C=O) groups is 1. The van der Waals surface area contributed by atoms with E-state index in [1.54, 1.807) is 0 Å². The summed E-state index contributed by atoms with van der Waals surface area (Å²) in [7, 11) is 0. The number of rotatable bonds is 5. The number of hydrogen-bond donors (Lipinski definition) is 0. The third kappa shape index (κ3) is 4.56. The topological polar surface area (TPSA) is 44.1 Å². The second-order valence-electron chi connectivity index (χ2n) is 10.9. The van der Waals surface area contributed by atoms with Gasteiger partial charge < -0.3 is 14.7 Å². The molecule has 6 nitrogen and oxygen atoms in total. The standard InChI is InChI=1S/C29H37N5O/c1-21(2)33-13-3-4-25(19-33)22-5-7-23(8-6-22)26-18-28-27(11-12-30-34(28)20-26)31-14-16-32(17-15-31)29(35)24-9-10-24/h5-8,11-12,18,20-21,24-25H,3-4,9-10,13-17,19H2,1-2H3. The number of aromatic nitrogens is 2. The number of carbonyl (C=O) groups excluding carboxylic acids is 1. The Labute approximate surface area is 208 Å². The molecule has 0 bridgehead atoms. The fourth-order valence-electron chi connectivity index (χ4n) is 5.88. The molecule has 4 heterocycles. The predicted molar refractivity (Wildman–Crippen MR) is 141 cm³/mol. The molecule has 1 aliphatic carbocycles. The summed E-state index contributed by atoms with van der Waals surface area (Å²) in [6, 6.07) is 14.2. The van der Waals surface area contributed by atoms with E-state index >= 15 is 0 Å². The number of piperazine rings is 1. The zero-order valence-corrected chi connectivity index (χ0v) is 21.1. The van der Waals surface area contributed by atoms with Crippen LogP contribution >= 0.6 is 0 Å². The molecular formula is C29H37N5O. The van der Waals surface area contributed by atoms with E-state index < -0.39 is 0 Å². The maximum Gasteiger partial charge on any atom is 0.225 e. The van der Waals surface area contributed by atoms with Crippen LogP contribution in [0, 0.1) is 5.92 Å². The first-order valence-electron chi connectivity index (χ1n) is 13.4. The smallest absolute Gasteiger partial charge is 0.225 e. The molecule has 1 saturated carbocycles. The second kappa shape index (κ2) is 9.30. The number of anilines is 1. The molecule has 35 heavy (non-hydrogen) atoms. The molecule has 2 aromatic heterocycles. The molecule has 2 aliphatic heterocycles. The SMILES string of the molecule is CC(C)N1CCCC(c2ccc(-c3cc4c(N5CCN(C(=O)C6CC6)CC5)ccnn4c3)cc2)C1. The van der Waals surface area contributed by atoms with Crippen molar-refractivity contribution in [3.8, 4) is 11.1 Å². The van der Waals surface area contributed by atoms with Crippen LogP contribution in [-0.2, 0) is 4.79 Å². The molecular weight excluding hydrogens is 434 g/mol. The van der Waals surface area contributed by atoms with Gasteiger partial charge in [-0.2, -0.15) is 5.10 Å². The van der Waals surface area contributed by atoms with Crippen molar-refractivity contribution in [2.24, 2.45) is 5.92 Å². The molecule has 0 N–H and O–H groups in total. The third-order valence-electron chi connectivity index (χ3n) is 8.24. The summed E-state index contributed by atoms with van der Waals surface area (Å²) < 4.78 is 2.00. The first-order valence-corrected chi connectivity index (χ1v) is 13.4. The number of hydrogen-bond acceptors (Lipinski definition) is 4. The van der Waals surface area contributed by atoms with Crippen molar-refractivity contribution in [1.82, 2.24) is 19.4 Å². The van der Waals surface area contributed by atoms with E-state index in [0.717, 1.165) is 44.5 Å². The number of nitrogens with zero attached hydrogens (tertiary/aromatic N) is 5. The van der Waals surface area contributed by atoms with Crippen LogP contribution in [0.3, 0.4) is 0 Å². The van der Waals surface area contributed by atoms with Gasteiger partial charge in [-0.15, -0.1) is 0 Å². The molecule has 3 fully saturated rings. The van der Waals surface area contributed by atoms with Gasteiger partial charge in [-0.25, -0.2) is 4.52 Å². The number of benzene rings is 1. The minimum Gasteiger partial charge on any atom is -0.366 e. The van der Waals surface area contributed by atoms with Crippen LogP contribution in [0.5, 0.6) is 0 Å². The van der Waals surface area contributed by atoms with Crippen molar-refractivity contribution in [1.29, 1.82) is 0 Å². The summed E-state index contributed by atoms with van der Waals surface area (Å²) in [4.78, 5) is 19.5. The molecule has 0 radical (unpaired) electrons. The van der Waals surface area contributed by atoms with Crippen LogP contribution in [-0.4, -0.2) is 70.6 Å². The Kier molecular flexibility index (Phi) is 6.01. The van der Waals surface area contributed by atoms with Crippen LogP contribution in [0.15, 0.2) is 48.8 Å². The highest BCUT2D eigenvalue weighted by Crippen LogP contribution is 2.33. The van der Waals surface area contributed by atoms with Gasteiger partial charge in [0.1, 0.15) is 0 Å². The molecule has 6 heteroatoms. The zero-order valence-electron chi connectivity index (χ0n) is 21.1. The van der Waals surface area contributed by atoms with E-state index in [0.29, 0.717) is 23.8 Å². The van der Waals surface area contributed by atoms with Crippen LogP contribution in [0.1, 0.15) is 51.0 Å². The lowest BCUT2D eigenvalue weighted by Crippen LogP contribution is -2.49. The number of piperidine rings is 1. The van der Waals surface area contributed by atoms with Crippen LogP contribution in [0.2, 0.25) is 0 Å². The Morgan fingerprint density at radius 3 is 2.43 bits per heavy atom. The summed E-state index contributed by atoms with van der Waals surface area (Å²) in [5.41, 5.74) is 6.24. The molecule has 6 rings (SSSR count). The lowest BCUT2D eigenvalue weighted by atomic mass is 9.89. The van der Waals surface area contributed by atoms with Gasteiger partial charge in [0.05, 0.1) is 11.2 Å². The van der Waals surface area contributed by atoms with Gasteiger partial charge in [-0.1, -0.05) is 24.3 Å². The average Bonchev–Trinajstić information content (AvgIpc) is 3.66. The van der Waals surface area contributed by atoms with E-state index in [1.807, 2.05) is 10.7 Å². The molecule has 3 aliphatic rings. The second-order valence-corrected chi connectivity index (χ2v) is 10.9. The van der Waals surface area contributed by atoms with E-state index in [4.69, 9.17) is 0 Å². The lowest BCUT2D eigenvalue weighted by molar-refractivity contribution is -0.132. The average molecular weight is 472 g/mol. The number of amides is 1. The van der Waals surface area contributed by atoms with E-state index in [1.165, 1.54) is 48.3 Å². The molecule has 184 valence electrons. The highest BCUT2D eigenvalue weighted by molar-refractivity contribution is 5.82. The van der Waals surface area contributed by atoms with E-state index in [9.17, 15) is 4.79 Å². The van der Waals surface area contributed by atoms with Gasteiger partial charge in [-0.05, 0) is 75.3 Å². The Morgan fingerprint density at radius 1 is 0.943 bits per heavy atom. The van der Waals surface area contributed by atoms with Gasteiger partial charge in [0, 0.05) is 62.6 Å². The van der Waals surface area contributed by atoms with Gasteiger partial charge in [0.15, 0.2) is 0 Å². The minimum atomic E-state index is 0.306. The highest BCUT2D eigenvalue weighted by Gasteiger charge is 2.34. The van der Waals surface area contributed by atoms with Crippen molar-refractivity contribution in [2.75, 3.05) is 44.2 Å². The van der Waals surface area contributed by atoms with Crippen LogP contribution < -0.4 is 4.90 Å². The Morgan fingerprint density at radius 2 is 1.71 bits per heavy atom. The lowest BCUT2D eigenvalue weighted by Gasteiger charge is -2.36. The van der Waals surface area contributed by atoms with Crippen molar-refractivity contribution in [3.63, 3.8) is 0 Å². The summed E-state index contributed by atoms with van der Waals surface area (Å²) in [6.45, 7) is 10.4. The Balaban J connectivity index is 1.18. The van der Waals surface area contributed by atoms with E-state index in [-0.39, 0.29) is 0 Å². The minimum absolute atomic E-state index is 0.306.